The first-order valence-corrected chi connectivity index (χ1v) is 13.8. The van der Waals surface area contributed by atoms with Gasteiger partial charge in [-0.15, -0.1) is 10.2 Å². The summed E-state index contributed by atoms with van der Waals surface area (Å²) < 4.78 is 29.6. The maximum absolute atomic E-state index is 13.8. The van der Waals surface area contributed by atoms with Crippen LogP contribution in [0.25, 0.3) is 0 Å². The van der Waals surface area contributed by atoms with Gasteiger partial charge in [0.2, 0.25) is 5.13 Å². The van der Waals surface area contributed by atoms with Gasteiger partial charge in [0.25, 0.3) is 15.9 Å². The number of hydrogen-bond acceptors (Lipinski definition) is 7. The average Bonchev–Trinajstić information content (AvgIpc) is 3.31. The zero-order valence-electron chi connectivity index (χ0n) is 18.5. The third kappa shape index (κ3) is 5.30. The summed E-state index contributed by atoms with van der Waals surface area (Å²) in [6.07, 6.45) is 1.87. The Balaban J connectivity index is 1.77. The van der Waals surface area contributed by atoms with Gasteiger partial charge in [-0.25, -0.2) is 8.42 Å². The lowest BCUT2D eigenvalue weighted by atomic mass is 10.1. The van der Waals surface area contributed by atoms with Crippen molar-refractivity contribution in [3.8, 4) is 0 Å². The number of carbonyl (C=O) groups excluding carboxylic acids is 1. The SMILES string of the molecule is CSc1nnc(NC(=O)c2ccccc2N(Cc2ccccc2)S(=O)(=O)c2ccc(C)cc2)s1. The fraction of sp³-hybridized carbons (Fsp3) is 0.125. The molecule has 7 nitrogen and oxygen atoms in total. The fourth-order valence-electron chi connectivity index (χ4n) is 3.28. The molecular formula is C24H22N4O3S3. The molecule has 4 aromatic rings. The molecule has 34 heavy (non-hydrogen) atoms. The number of thioether (sulfide) groups is 1. The van der Waals surface area contributed by atoms with Crippen LogP contribution in [0.1, 0.15) is 21.5 Å². The van der Waals surface area contributed by atoms with Crippen LogP contribution in [0.4, 0.5) is 10.8 Å². The highest BCUT2D eigenvalue weighted by Gasteiger charge is 2.29. The predicted octanol–water partition coefficient (Wildman–Crippen LogP) is 5.22. The van der Waals surface area contributed by atoms with Crippen molar-refractivity contribution < 1.29 is 13.2 Å². The molecule has 3 aromatic carbocycles. The van der Waals surface area contributed by atoms with Crippen LogP contribution in [0, 0.1) is 6.92 Å². The standard InChI is InChI=1S/C24H22N4O3S3/c1-17-12-14-19(15-13-17)34(30,31)28(16-18-8-4-3-5-9-18)21-11-7-6-10-20(21)22(29)25-23-26-27-24(32-2)33-23/h3-15H,16H2,1-2H3,(H,25,26,29). The second kappa shape index (κ2) is 10.4. The molecule has 1 amide bonds. The summed E-state index contributed by atoms with van der Waals surface area (Å²) >= 11 is 2.68. The largest absolute Gasteiger partial charge is 0.296 e. The number of nitrogens with one attached hydrogen (secondary N) is 1. The second-order valence-corrected chi connectivity index (χ2v) is 11.3. The van der Waals surface area contributed by atoms with Gasteiger partial charge in [0.1, 0.15) is 0 Å². The first-order chi connectivity index (χ1) is 16.4. The quantitative estimate of drug-likeness (QED) is 0.258. The van der Waals surface area contributed by atoms with Crippen LogP contribution in [0.5, 0.6) is 0 Å². The number of anilines is 2. The minimum Gasteiger partial charge on any atom is -0.296 e. The van der Waals surface area contributed by atoms with Crippen molar-refractivity contribution >= 4 is 49.8 Å². The van der Waals surface area contributed by atoms with Crippen molar-refractivity contribution in [2.75, 3.05) is 15.9 Å². The fourth-order valence-corrected chi connectivity index (χ4v) is 5.91. The molecule has 0 saturated heterocycles. The van der Waals surface area contributed by atoms with Crippen molar-refractivity contribution in [1.82, 2.24) is 10.2 Å². The van der Waals surface area contributed by atoms with E-state index in [4.69, 9.17) is 0 Å². The number of sulfonamides is 1. The number of para-hydroxylation sites is 1. The number of carbonyl (C=O) groups is 1. The molecule has 0 unspecified atom stereocenters. The number of benzene rings is 3. The molecule has 0 fully saturated rings. The number of aryl methyl sites for hydroxylation is 1. The van der Waals surface area contributed by atoms with Crippen molar-refractivity contribution in [3.05, 3.63) is 95.6 Å². The maximum Gasteiger partial charge on any atom is 0.264 e. The van der Waals surface area contributed by atoms with E-state index in [1.807, 2.05) is 43.5 Å². The summed E-state index contributed by atoms with van der Waals surface area (Å²) in [5, 5.41) is 11.1. The Labute approximate surface area is 206 Å². The molecule has 0 aliphatic carbocycles. The number of aromatic nitrogens is 2. The summed E-state index contributed by atoms with van der Waals surface area (Å²) in [6.45, 7) is 1.96. The lowest BCUT2D eigenvalue weighted by molar-refractivity contribution is 0.102. The van der Waals surface area contributed by atoms with E-state index in [0.29, 0.717) is 5.13 Å². The average molecular weight is 511 g/mol. The van der Waals surface area contributed by atoms with Crippen LogP contribution >= 0.6 is 23.1 Å². The van der Waals surface area contributed by atoms with Crippen molar-refractivity contribution in [2.45, 2.75) is 22.7 Å². The molecule has 0 aliphatic rings. The number of rotatable bonds is 8. The van der Waals surface area contributed by atoms with Crippen LogP contribution < -0.4 is 9.62 Å². The highest BCUT2D eigenvalue weighted by molar-refractivity contribution is 8.00. The molecule has 10 heteroatoms. The Morgan fingerprint density at radius 2 is 1.65 bits per heavy atom. The highest BCUT2D eigenvalue weighted by atomic mass is 32.2. The Morgan fingerprint density at radius 1 is 0.971 bits per heavy atom. The first-order valence-electron chi connectivity index (χ1n) is 10.3. The van der Waals surface area contributed by atoms with Crippen LogP contribution in [0.2, 0.25) is 0 Å². The van der Waals surface area contributed by atoms with E-state index in [-0.39, 0.29) is 22.7 Å². The molecule has 1 aromatic heterocycles. The predicted molar refractivity (Wildman–Crippen MR) is 137 cm³/mol. The van der Waals surface area contributed by atoms with Crippen molar-refractivity contribution in [2.24, 2.45) is 0 Å². The van der Waals surface area contributed by atoms with Crippen molar-refractivity contribution in [1.29, 1.82) is 0 Å². The normalized spacial score (nSPS) is 11.2. The monoisotopic (exact) mass is 510 g/mol. The van der Waals surface area contributed by atoms with Gasteiger partial charge in [-0.2, -0.15) is 0 Å². The van der Waals surface area contributed by atoms with Gasteiger partial charge < -0.3 is 0 Å². The first kappa shape index (κ1) is 23.9. The number of nitrogens with zero attached hydrogens (tertiary/aromatic N) is 3. The van der Waals surface area contributed by atoms with E-state index in [1.165, 1.54) is 27.4 Å². The maximum atomic E-state index is 13.8. The zero-order chi connectivity index (χ0) is 24.1. The Hall–Kier alpha value is -3.21. The van der Waals surface area contributed by atoms with Gasteiger partial charge in [0.05, 0.1) is 22.7 Å². The van der Waals surface area contributed by atoms with E-state index < -0.39 is 15.9 Å². The van der Waals surface area contributed by atoms with E-state index in [1.54, 1.807) is 48.5 Å². The van der Waals surface area contributed by atoms with Gasteiger partial charge in [0.15, 0.2) is 4.34 Å². The topological polar surface area (TPSA) is 92.3 Å². The van der Waals surface area contributed by atoms with Gasteiger partial charge in [-0.3, -0.25) is 14.4 Å². The molecule has 1 N–H and O–H groups in total. The van der Waals surface area contributed by atoms with Crippen molar-refractivity contribution in [3.63, 3.8) is 0 Å². The van der Waals surface area contributed by atoms with Crippen LogP contribution in [0.3, 0.4) is 0 Å². The van der Waals surface area contributed by atoms with Gasteiger partial charge in [-0.1, -0.05) is 83.3 Å². The molecule has 4 rings (SSSR count). The van der Waals surface area contributed by atoms with Crippen LogP contribution in [0.15, 0.2) is 88.1 Å². The van der Waals surface area contributed by atoms with E-state index in [9.17, 15) is 13.2 Å². The molecule has 0 saturated carbocycles. The lowest BCUT2D eigenvalue weighted by Crippen LogP contribution is -2.32. The summed E-state index contributed by atoms with van der Waals surface area (Å²) in [6, 6.07) is 22.6. The van der Waals surface area contributed by atoms with Crippen LogP contribution in [-0.4, -0.2) is 30.8 Å². The van der Waals surface area contributed by atoms with Crippen LogP contribution in [-0.2, 0) is 16.6 Å². The molecule has 174 valence electrons. The number of hydrogen-bond donors (Lipinski definition) is 1. The third-order valence-corrected chi connectivity index (χ3v) is 8.59. The van der Waals surface area contributed by atoms with E-state index in [2.05, 4.69) is 15.5 Å². The van der Waals surface area contributed by atoms with E-state index in [0.717, 1.165) is 15.5 Å². The van der Waals surface area contributed by atoms with Gasteiger partial charge in [-0.05, 0) is 43.0 Å². The van der Waals surface area contributed by atoms with Gasteiger partial charge >= 0.3 is 0 Å². The zero-order valence-corrected chi connectivity index (χ0v) is 21.0. The van der Waals surface area contributed by atoms with E-state index >= 15 is 0 Å². The summed E-state index contributed by atoms with van der Waals surface area (Å²) in [5.74, 6) is -0.462. The minimum atomic E-state index is -3.97. The highest BCUT2D eigenvalue weighted by Crippen LogP contribution is 2.31. The molecule has 0 atom stereocenters. The third-order valence-electron chi connectivity index (χ3n) is 5.00. The smallest absolute Gasteiger partial charge is 0.264 e. The number of amides is 1. The molecule has 1 heterocycles. The molecule has 0 aliphatic heterocycles. The Kier molecular flexibility index (Phi) is 7.30. The lowest BCUT2D eigenvalue weighted by Gasteiger charge is -2.26. The molecule has 0 spiro atoms. The minimum absolute atomic E-state index is 0.0662. The Morgan fingerprint density at radius 3 is 2.32 bits per heavy atom. The molecule has 0 bridgehead atoms. The summed E-state index contributed by atoms with van der Waals surface area (Å²) in [5.41, 5.74) is 2.24. The summed E-state index contributed by atoms with van der Waals surface area (Å²) in [7, 11) is -3.97. The summed E-state index contributed by atoms with van der Waals surface area (Å²) in [4.78, 5) is 13.3. The van der Waals surface area contributed by atoms with Gasteiger partial charge in [0, 0.05) is 0 Å². The second-order valence-electron chi connectivity index (χ2n) is 7.36. The molecule has 0 radical (unpaired) electrons. The Bertz CT molecular complexity index is 1390. The molecular weight excluding hydrogens is 488 g/mol.